The van der Waals surface area contributed by atoms with Crippen molar-refractivity contribution in [3.63, 3.8) is 0 Å². The van der Waals surface area contributed by atoms with E-state index in [1.54, 1.807) is 38.4 Å². The summed E-state index contributed by atoms with van der Waals surface area (Å²) in [6.07, 6.45) is 12.9. The summed E-state index contributed by atoms with van der Waals surface area (Å²) in [5, 5.41) is 24.2. The third kappa shape index (κ3) is 6.00. The molecule has 2 N–H and O–H groups in total. The van der Waals surface area contributed by atoms with Gasteiger partial charge in [-0.15, -0.1) is 0 Å². The van der Waals surface area contributed by atoms with Crippen LogP contribution in [0.2, 0.25) is 0 Å². The molecule has 4 saturated carbocycles. The van der Waals surface area contributed by atoms with Gasteiger partial charge in [0.15, 0.2) is 5.78 Å². The fraction of sp³-hybridized carbons (Fsp3) is 0.711. The predicted molar refractivity (Wildman–Crippen MR) is 208 cm³/mol. The molecule has 5 aliphatic carbocycles. The second kappa shape index (κ2) is 13.7. The summed E-state index contributed by atoms with van der Waals surface area (Å²) in [7, 11) is 0. The van der Waals surface area contributed by atoms with Gasteiger partial charge >= 0.3 is 11.9 Å². The molecule has 298 valence electrons. The highest BCUT2D eigenvalue weighted by Crippen LogP contribution is 2.81. The van der Waals surface area contributed by atoms with Gasteiger partial charge < -0.3 is 15.2 Å². The highest BCUT2D eigenvalue weighted by Gasteiger charge is 2.76. The number of allylic oxidation sites excluding steroid dienone is 3. The summed E-state index contributed by atoms with van der Waals surface area (Å²) in [6, 6.07) is 4.41. The van der Waals surface area contributed by atoms with Crippen LogP contribution in [0.5, 0.6) is 0 Å². The van der Waals surface area contributed by atoms with Crippen molar-refractivity contribution in [3.05, 3.63) is 47.6 Å². The Morgan fingerprint density at radius 1 is 1.00 bits per heavy atom. The molecule has 1 amide bonds. The highest BCUT2D eigenvalue weighted by atomic mass is 16.5. The van der Waals surface area contributed by atoms with Crippen LogP contribution in [0.15, 0.2) is 41.8 Å². The van der Waals surface area contributed by atoms with Gasteiger partial charge in [-0.25, -0.2) is 9.97 Å². The molecule has 9 atom stereocenters. The normalized spacial score (nSPS) is 37.3. The molecule has 1 aromatic heterocycles. The molecule has 10 nitrogen and oxygen atoms in total. The van der Waals surface area contributed by atoms with Crippen molar-refractivity contribution in [1.82, 2.24) is 15.3 Å². The molecular formula is C45H62N4O6. The molecule has 0 aliphatic heterocycles. The van der Waals surface area contributed by atoms with Gasteiger partial charge in [0.05, 0.1) is 29.4 Å². The lowest BCUT2D eigenvalue weighted by atomic mass is 9.28. The lowest BCUT2D eigenvalue weighted by Crippen LogP contribution is -2.70. The topological polar surface area (TPSA) is 159 Å². The number of carboxylic acid groups (broad SMARTS) is 1. The van der Waals surface area contributed by atoms with Crippen LogP contribution < -0.4 is 5.32 Å². The van der Waals surface area contributed by atoms with Crippen LogP contribution >= 0.6 is 0 Å². The molecule has 0 spiro atoms. The summed E-state index contributed by atoms with van der Waals surface area (Å²) < 4.78 is 6.14. The number of rotatable bonds is 9. The largest absolute Gasteiger partial charge is 0.481 e. The van der Waals surface area contributed by atoms with Crippen molar-refractivity contribution < 1.29 is 29.0 Å². The van der Waals surface area contributed by atoms with Crippen molar-refractivity contribution in [3.8, 4) is 6.07 Å². The number of fused-ring (bicyclic) bond motifs is 7. The maximum absolute atomic E-state index is 14.1. The summed E-state index contributed by atoms with van der Waals surface area (Å²) in [6.45, 7) is 20.6. The van der Waals surface area contributed by atoms with Gasteiger partial charge in [-0.2, -0.15) is 5.26 Å². The molecule has 0 saturated heterocycles. The van der Waals surface area contributed by atoms with Crippen molar-refractivity contribution in [2.24, 2.45) is 55.7 Å². The Morgan fingerprint density at radius 3 is 2.29 bits per heavy atom. The number of carbonyl (C=O) groups excluding carboxylic acids is 3. The van der Waals surface area contributed by atoms with Gasteiger partial charge in [0.2, 0.25) is 5.91 Å². The highest BCUT2D eigenvalue weighted by molar-refractivity contribution is 6.01. The fourth-order valence-electron chi connectivity index (χ4n) is 13.1. The molecule has 5 aliphatic rings. The van der Waals surface area contributed by atoms with Crippen LogP contribution in [-0.4, -0.2) is 44.8 Å². The van der Waals surface area contributed by atoms with Crippen molar-refractivity contribution in [2.45, 2.75) is 146 Å². The number of nitriles is 1. The molecule has 2 unspecified atom stereocenters. The first-order valence-corrected chi connectivity index (χ1v) is 20.4. The molecule has 55 heavy (non-hydrogen) atoms. The predicted octanol–water partition coefficient (Wildman–Crippen LogP) is 8.50. The summed E-state index contributed by atoms with van der Waals surface area (Å²) in [5.74, 6) is -0.829. The number of esters is 1. The van der Waals surface area contributed by atoms with E-state index in [-0.39, 0.29) is 64.3 Å². The Kier molecular flexibility index (Phi) is 10.1. The van der Waals surface area contributed by atoms with Gasteiger partial charge in [0.1, 0.15) is 11.9 Å². The third-order valence-corrected chi connectivity index (χ3v) is 16.2. The molecule has 1 aromatic rings. The summed E-state index contributed by atoms with van der Waals surface area (Å²) >= 11 is 0. The van der Waals surface area contributed by atoms with E-state index < -0.39 is 33.6 Å². The number of ketones is 1. The number of hydrogen-bond donors (Lipinski definition) is 2. The SMILES string of the molecule is CC(C)C1=C2[C@H]3CCC4(C#N)C(C)(CC[C@H]5C(C)(C)[C@@H](OC(=O)CC(C)(C)C(=O)O)CC[C@@]54C)[C@]3(C)CC[C@@]2(/C=C/C(=O)N[C@@H](C)c2ncccn2)CC1=O. The molecule has 0 bridgehead atoms. The molecule has 10 heteroatoms. The van der Waals surface area contributed by atoms with Crippen LogP contribution in [0.4, 0.5) is 0 Å². The number of amides is 1. The first-order valence-electron chi connectivity index (χ1n) is 20.4. The van der Waals surface area contributed by atoms with E-state index >= 15 is 0 Å². The number of ether oxygens (including phenoxy) is 1. The number of Topliss-reactive ketones (excluding diaryl/α,β-unsaturated/α-hetero) is 1. The number of nitrogens with zero attached hydrogens (tertiary/aromatic N) is 3. The zero-order valence-corrected chi connectivity index (χ0v) is 34.7. The van der Waals surface area contributed by atoms with Crippen LogP contribution in [-0.2, 0) is 23.9 Å². The Hall–Kier alpha value is -3.87. The molecule has 4 fully saturated rings. The zero-order valence-electron chi connectivity index (χ0n) is 34.7. The monoisotopic (exact) mass is 754 g/mol. The van der Waals surface area contributed by atoms with Crippen molar-refractivity contribution >= 4 is 23.6 Å². The van der Waals surface area contributed by atoms with E-state index in [1.165, 1.54) is 5.57 Å². The van der Waals surface area contributed by atoms with Crippen molar-refractivity contribution in [1.29, 1.82) is 5.26 Å². The number of aromatic nitrogens is 2. The number of hydrogen-bond acceptors (Lipinski definition) is 8. The average molecular weight is 755 g/mol. The van der Waals surface area contributed by atoms with E-state index in [1.807, 2.05) is 13.0 Å². The van der Waals surface area contributed by atoms with E-state index in [0.717, 1.165) is 44.1 Å². The van der Waals surface area contributed by atoms with Crippen LogP contribution in [0.25, 0.3) is 0 Å². The fourth-order valence-corrected chi connectivity index (χ4v) is 13.1. The average Bonchev–Trinajstić information content (AvgIpc) is 3.41. The van der Waals surface area contributed by atoms with E-state index in [0.29, 0.717) is 25.1 Å². The first kappa shape index (κ1) is 40.8. The maximum Gasteiger partial charge on any atom is 0.309 e. The first-order chi connectivity index (χ1) is 25.6. The second-order valence-corrected chi connectivity index (χ2v) is 20.0. The smallest absolute Gasteiger partial charge is 0.309 e. The van der Waals surface area contributed by atoms with E-state index in [4.69, 9.17) is 4.74 Å². The Balaban J connectivity index is 1.32. The number of carboxylic acids is 1. The van der Waals surface area contributed by atoms with Gasteiger partial charge in [0, 0.05) is 29.6 Å². The van der Waals surface area contributed by atoms with Gasteiger partial charge in [0.25, 0.3) is 0 Å². The standard InChI is InChI=1S/C45H62N4O6/c1-27(2)35-30(50)24-44(18-15-33(51)49-28(3)37-47-22-11-23-48-37)21-20-41(8)29(36(35)44)12-19-45(26-46)42(9)16-14-32(55-34(52)25-39(4,5)38(53)54)40(6,7)31(42)13-17-43(41,45)10/h11,15,18,22-23,27-29,31-32H,12-14,16-17,19-21,24-25H2,1-10H3,(H,49,51)(H,53,54)/b18-15+/t28-,29+,31-,32-,41+,42-,43?,44-,45?/m0/s1. The Labute approximate surface area is 327 Å². The van der Waals surface area contributed by atoms with Gasteiger partial charge in [-0.05, 0) is 129 Å². The minimum absolute atomic E-state index is 0.0350. The quantitative estimate of drug-likeness (QED) is 0.186. The molecule has 6 rings (SSSR count). The van der Waals surface area contributed by atoms with Crippen LogP contribution in [0.1, 0.15) is 145 Å². The van der Waals surface area contributed by atoms with Crippen molar-refractivity contribution in [2.75, 3.05) is 0 Å². The zero-order chi connectivity index (χ0) is 40.6. The molecule has 0 aromatic carbocycles. The van der Waals surface area contributed by atoms with Crippen LogP contribution in [0, 0.1) is 67.0 Å². The van der Waals surface area contributed by atoms with E-state index in [2.05, 4.69) is 69.8 Å². The van der Waals surface area contributed by atoms with E-state index in [9.17, 15) is 29.5 Å². The molecule has 1 heterocycles. The minimum atomic E-state index is -1.22. The third-order valence-electron chi connectivity index (χ3n) is 16.2. The Bertz CT molecular complexity index is 1860. The summed E-state index contributed by atoms with van der Waals surface area (Å²) in [5.41, 5.74) is -1.74. The van der Waals surface area contributed by atoms with Gasteiger partial charge in [-0.1, -0.05) is 54.5 Å². The number of nitrogens with one attached hydrogen (secondary N) is 1. The second-order valence-electron chi connectivity index (χ2n) is 20.0. The number of carbonyl (C=O) groups is 4. The minimum Gasteiger partial charge on any atom is -0.481 e. The maximum atomic E-state index is 14.1. The molecular weight excluding hydrogens is 693 g/mol. The molecule has 0 radical (unpaired) electrons. The lowest BCUT2D eigenvalue weighted by molar-refractivity contribution is -0.261. The number of aliphatic carboxylic acids is 1. The lowest BCUT2D eigenvalue weighted by Gasteiger charge is -2.75. The van der Waals surface area contributed by atoms with Crippen LogP contribution in [0.3, 0.4) is 0 Å². The summed E-state index contributed by atoms with van der Waals surface area (Å²) in [4.78, 5) is 60.9. The van der Waals surface area contributed by atoms with Gasteiger partial charge in [-0.3, -0.25) is 19.2 Å². The Morgan fingerprint density at radius 2 is 1.67 bits per heavy atom.